The minimum atomic E-state index is -0.222. The predicted octanol–water partition coefficient (Wildman–Crippen LogP) is 3.55. The van der Waals surface area contributed by atoms with E-state index in [0.717, 1.165) is 21.7 Å². The fourth-order valence-corrected chi connectivity index (χ4v) is 3.13. The van der Waals surface area contributed by atoms with Gasteiger partial charge in [-0.1, -0.05) is 25.2 Å². The van der Waals surface area contributed by atoms with E-state index in [1.54, 1.807) is 12.3 Å². The zero-order valence-corrected chi connectivity index (χ0v) is 15.2. The maximum Gasteiger partial charge on any atom is 0.258 e. The summed E-state index contributed by atoms with van der Waals surface area (Å²) in [6.45, 7) is 10.0. The lowest BCUT2D eigenvalue weighted by molar-refractivity contribution is 0.102. The fourth-order valence-electron chi connectivity index (χ4n) is 2.39. The Labute approximate surface area is 144 Å². The largest absolute Gasteiger partial charge is 0.296 e. The number of rotatable bonds is 4. The first-order valence-corrected chi connectivity index (χ1v) is 8.68. The van der Waals surface area contributed by atoms with Crippen LogP contribution in [0.3, 0.4) is 0 Å². The van der Waals surface area contributed by atoms with Crippen LogP contribution in [0.2, 0.25) is 0 Å². The summed E-state index contributed by atoms with van der Waals surface area (Å²) in [5.74, 6) is 0.0626. The molecule has 0 bridgehead atoms. The number of amides is 1. The first kappa shape index (κ1) is 16.5. The van der Waals surface area contributed by atoms with Crippen molar-refractivity contribution in [1.29, 1.82) is 0 Å². The maximum absolute atomic E-state index is 12.7. The van der Waals surface area contributed by atoms with E-state index in [1.165, 1.54) is 11.3 Å². The molecule has 0 aliphatic rings. The standard InChI is InChI=1S/C16H20N6OS/c1-8(2)15-20-21-16(24-15)19-14(23)11-6-10(5)18-13-12(11)7-17-22(13)9(3)4/h6-9H,1-5H3,(H,19,21,23). The molecule has 0 unspecified atom stereocenters. The molecule has 1 N–H and O–H groups in total. The number of nitrogens with zero attached hydrogens (tertiary/aromatic N) is 5. The number of anilines is 1. The molecule has 3 heterocycles. The molecular weight excluding hydrogens is 324 g/mol. The molecule has 3 rings (SSSR count). The molecule has 126 valence electrons. The molecule has 0 spiro atoms. The van der Waals surface area contributed by atoms with Crippen LogP contribution in [0.25, 0.3) is 11.0 Å². The van der Waals surface area contributed by atoms with Crippen LogP contribution in [0.15, 0.2) is 12.3 Å². The van der Waals surface area contributed by atoms with Crippen molar-refractivity contribution in [3.05, 3.63) is 28.5 Å². The molecule has 0 atom stereocenters. The van der Waals surface area contributed by atoms with Gasteiger partial charge in [0.15, 0.2) is 5.65 Å². The Morgan fingerprint density at radius 3 is 2.62 bits per heavy atom. The third-order valence-corrected chi connectivity index (χ3v) is 4.72. The molecule has 0 fully saturated rings. The van der Waals surface area contributed by atoms with E-state index >= 15 is 0 Å². The summed E-state index contributed by atoms with van der Waals surface area (Å²) in [5.41, 5.74) is 2.04. The number of nitrogens with one attached hydrogen (secondary N) is 1. The third kappa shape index (κ3) is 3.01. The highest BCUT2D eigenvalue weighted by Gasteiger charge is 2.18. The number of fused-ring (bicyclic) bond motifs is 1. The lowest BCUT2D eigenvalue weighted by Gasteiger charge is -2.08. The van der Waals surface area contributed by atoms with E-state index in [1.807, 2.05) is 39.3 Å². The summed E-state index contributed by atoms with van der Waals surface area (Å²) >= 11 is 1.39. The molecule has 0 aromatic carbocycles. The molecule has 3 aromatic heterocycles. The quantitative estimate of drug-likeness (QED) is 0.782. The first-order chi connectivity index (χ1) is 11.4. The van der Waals surface area contributed by atoms with Gasteiger partial charge >= 0.3 is 0 Å². The second-order valence-corrected chi connectivity index (χ2v) is 7.29. The number of carbonyl (C=O) groups is 1. The lowest BCUT2D eigenvalue weighted by atomic mass is 10.1. The molecule has 3 aromatic rings. The average Bonchev–Trinajstić information content (AvgIpc) is 3.12. The van der Waals surface area contributed by atoms with Crippen LogP contribution < -0.4 is 5.32 Å². The molecular formula is C16H20N6OS. The van der Waals surface area contributed by atoms with E-state index in [9.17, 15) is 4.79 Å². The van der Waals surface area contributed by atoms with Gasteiger partial charge in [-0.15, -0.1) is 10.2 Å². The van der Waals surface area contributed by atoms with Crippen LogP contribution in [0.4, 0.5) is 5.13 Å². The van der Waals surface area contributed by atoms with Gasteiger partial charge in [0.05, 0.1) is 17.1 Å². The van der Waals surface area contributed by atoms with Crippen LogP contribution in [0, 0.1) is 6.92 Å². The second-order valence-electron chi connectivity index (χ2n) is 6.29. The van der Waals surface area contributed by atoms with Gasteiger partial charge in [-0.3, -0.25) is 10.1 Å². The third-order valence-electron chi connectivity index (χ3n) is 3.58. The molecule has 0 radical (unpaired) electrons. The summed E-state index contributed by atoms with van der Waals surface area (Å²) in [6.07, 6.45) is 1.69. The monoisotopic (exact) mass is 344 g/mol. The van der Waals surface area contributed by atoms with Crippen LogP contribution in [0.5, 0.6) is 0 Å². The molecule has 0 saturated carbocycles. The number of hydrogen-bond acceptors (Lipinski definition) is 6. The lowest BCUT2D eigenvalue weighted by Crippen LogP contribution is -2.13. The van der Waals surface area contributed by atoms with E-state index in [-0.39, 0.29) is 17.9 Å². The van der Waals surface area contributed by atoms with Crippen molar-refractivity contribution < 1.29 is 4.79 Å². The van der Waals surface area contributed by atoms with Crippen LogP contribution >= 0.6 is 11.3 Å². The van der Waals surface area contributed by atoms with Crippen LogP contribution in [-0.4, -0.2) is 30.9 Å². The van der Waals surface area contributed by atoms with Gasteiger partial charge in [-0.25, -0.2) is 9.67 Å². The highest BCUT2D eigenvalue weighted by molar-refractivity contribution is 7.15. The molecule has 0 aliphatic carbocycles. The minimum absolute atomic E-state index is 0.171. The van der Waals surface area contributed by atoms with Crippen molar-refractivity contribution in [2.75, 3.05) is 5.32 Å². The van der Waals surface area contributed by atoms with Gasteiger partial charge in [0, 0.05) is 17.7 Å². The normalized spacial score (nSPS) is 11.6. The number of carbonyl (C=O) groups excluding carboxylic acids is 1. The highest BCUT2D eigenvalue weighted by Crippen LogP contribution is 2.25. The SMILES string of the molecule is Cc1cc(C(=O)Nc2nnc(C(C)C)s2)c2cnn(C(C)C)c2n1. The maximum atomic E-state index is 12.7. The number of aromatic nitrogens is 5. The van der Waals surface area contributed by atoms with E-state index in [2.05, 4.69) is 25.6 Å². The van der Waals surface area contributed by atoms with Gasteiger partial charge in [0.2, 0.25) is 5.13 Å². The van der Waals surface area contributed by atoms with Gasteiger partial charge in [-0.2, -0.15) is 5.10 Å². The molecule has 7 nitrogen and oxygen atoms in total. The number of aryl methyl sites for hydroxylation is 1. The van der Waals surface area contributed by atoms with Crippen LogP contribution in [0.1, 0.15) is 60.7 Å². The zero-order valence-electron chi connectivity index (χ0n) is 14.4. The first-order valence-electron chi connectivity index (χ1n) is 7.86. The fraction of sp³-hybridized carbons (Fsp3) is 0.438. The highest BCUT2D eigenvalue weighted by atomic mass is 32.1. The summed E-state index contributed by atoms with van der Waals surface area (Å²) in [5, 5.41) is 17.5. The van der Waals surface area contributed by atoms with Gasteiger partial charge < -0.3 is 0 Å². The molecule has 0 aliphatic heterocycles. The Morgan fingerprint density at radius 2 is 2.00 bits per heavy atom. The van der Waals surface area contributed by atoms with E-state index in [4.69, 9.17) is 0 Å². The number of hydrogen-bond donors (Lipinski definition) is 1. The topological polar surface area (TPSA) is 85.6 Å². The smallest absolute Gasteiger partial charge is 0.258 e. The van der Waals surface area contributed by atoms with Crippen molar-refractivity contribution in [3.8, 4) is 0 Å². The summed E-state index contributed by atoms with van der Waals surface area (Å²) in [6, 6.07) is 1.94. The van der Waals surface area contributed by atoms with Gasteiger partial charge in [0.1, 0.15) is 5.01 Å². The minimum Gasteiger partial charge on any atom is -0.296 e. The summed E-state index contributed by atoms with van der Waals surface area (Å²) in [4.78, 5) is 17.2. The summed E-state index contributed by atoms with van der Waals surface area (Å²) in [7, 11) is 0. The summed E-state index contributed by atoms with van der Waals surface area (Å²) < 4.78 is 1.82. The Bertz CT molecular complexity index is 895. The van der Waals surface area contributed by atoms with E-state index in [0.29, 0.717) is 10.7 Å². The van der Waals surface area contributed by atoms with Crippen molar-refractivity contribution >= 4 is 33.4 Å². The molecule has 0 saturated heterocycles. The molecule has 24 heavy (non-hydrogen) atoms. The predicted molar refractivity (Wildman–Crippen MR) is 94.6 cm³/mol. The Morgan fingerprint density at radius 1 is 1.25 bits per heavy atom. The van der Waals surface area contributed by atoms with E-state index < -0.39 is 0 Å². The van der Waals surface area contributed by atoms with Crippen molar-refractivity contribution in [3.63, 3.8) is 0 Å². The Kier molecular flexibility index (Phi) is 4.31. The number of pyridine rings is 1. The van der Waals surface area contributed by atoms with Crippen molar-refractivity contribution in [2.45, 2.75) is 46.6 Å². The van der Waals surface area contributed by atoms with Crippen LogP contribution in [-0.2, 0) is 0 Å². The van der Waals surface area contributed by atoms with Gasteiger partial charge in [0.25, 0.3) is 5.91 Å². The van der Waals surface area contributed by atoms with Crippen molar-refractivity contribution in [1.82, 2.24) is 25.0 Å². The zero-order chi connectivity index (χ0) is 17.4. The second kappa shape index (κ2) is 6.27. The Hall–Kier alpha value is -2.35. The average molecular weight is 344 g/mol. The van der Waals surface area contributed by atoms with Crippen molar-refractivity contribution in [2.24, 2.45) is 0 Å². The molecule has 1 amide bonds. The molecule has 8 heteroatoms. The van der Waals surface area contributed by atoms with Gasteiger partial charge in [-0.05, 0) is 26.8 Å². The Balaban J connectivity index is 1.97.